The Labute approximate surface area is 187 Å². The number of rotatable bonds is 6. The van der Waals surface area contributed by atoms with Crippen molar-refractivity contribution in [3.05, 3.63) is 77.9 Å². The average Bonchev–Trinajstić information content (AvgIpc) is 3.28. The Hall–Kier alpha value is -3.28. The van der Waals surface area contributed by atoms with Gasteiger partial charge in [-0.05, 0) is 66.9 Å². The molecular formula is C27H27N3O2. The normalized spacial score (nSPS) is 14.7. The van der Waals surface area contributed by atoms with E-state index in [9.17, 15) is 4.79 Å². The fraction of sp³-hybridized carbons (Fsp3) is 0.259. The molecule has 0 radical (unpaired) electrons. The molecule has 1 saturated heterocycles. The number of H-pyrrole nitrogens is 1. The van der Waals surface area contributed by atoms with Crippen molar-refractivity contribution < 1.29 is 9.90 Å². The fourth-order valence-electron chi connectivity index (χ4n) is 4.46. The van der Waals surface area contributed by atoms with Gasteiger partial charge < -0.3 is 10.1 Å². The first kappa shape index (κ1) is 20.6. The highest BCUT2D eigenvalue weighted by molar-refractivity contribution is 5.99. The zero-order chi connectivity index (χ0) is 21.9. The van der Waals surface area contributed by atoms with E-state index in [1.54, 1.807) is 18.2 Å². The van der Waals surface area contributed by atoms with Crippen LogP contribution in [0.2, 0.25) is 0 Å². The summed E-state index contributed by atoms with van der Waals surface area (Å²) in [6, 6.07) is 22.5. The smallest absolute Gasteiger partial charge is 0.188 e. The van der Waals surface area contributed by atoms with E-state index < -0.39 is 6.61 Å². The number of nitrogens with one attached hydrogen (secondary N) is 1. The predicted octanol–water partition coefficient (Wildman–Crippen LogP) is 5.06. The Bertz CT molecular complexity index is 1240. The number of hydrogen-bond donors (Lipinski definition) is 2. The van der Waals surface area contributed by atoms with Crippen LogP contribution in [-0.4, -0.2) is 45.5 Å². The van der Waals surface area contributed by atoms with E-state index >= 15 is 0 Å². The number of aromatic nitrogens is 2. The molecule has 1 aromatic heterocycles. The molecule has 1 aliphatic rings. The van der Waals surface area contributed by atoms with E-state index in [-0.39, 0.29) is 5.78 Å². The lowest BCUT2D eigenvalue weighted by Crippen LogP contribution is -2.29. The maximum atomic E-state index is 11.8. The number of Topliss-reactive ketones (excluding diaryl/α,β-unsaturated/α-hetero) is 1. The number of aromatic amines is 1. The van der Waals surface area contributed by atoms with Crippen LogP contribution in [0.1, 0.15) is 35.2 Å². The molecule has 0 aliphatic carbocycles. The van der Waals surface area contributed by atoms with Gasteiger partial charge in [-0.3, -0.25) is 9.69 Å². The second kappa shape index (κ2) is 9.07. The Morgan fingerprint density at radius 3 is 2.47 bits per heavy atom. The van der Waals surface area contributed by atoms with Crippen molar-refractivity contribution in [3.63, 3.8) is 0 Å². The highest BCUT2D eigenvalue weighted by Crippen LogP contribution is 2.26. The monoisotopic (exact) mass is 425 g/mol. The Morgan fingerprint density at radius 1 is 0.906 bits per heavy atom. The van der Waals surface area contributed by atoms with Crippen LogP contribution in [0, 0.1) is 0 Å². The van der Waals surface area contributed by atoms with Gasteiger partial charge in [0.2, 0.25) is 0 Å². The molecule has 0 bridgehead atoms. The number of piperidine rings is 1. The van der Waals surface area contributed by atoms with Gasteiger partial charge in [-0.1, -0.05) is 48.9 Å². The fourth-order valence-corrected chi connectivity index (χ4v) is 4.46. The van der Waals surface area contributed by atoms with Gasteiger partial charge >= 0.3 is 0 Å². The van der Waals surface area contributed by atoms with Gasteiger partial charge in [0, 0.05) is 17.7 Å². The molecule has 1 fully saturated rings. The molecule has 5 nitrogen and oxygen atoms in total. The van der Waals surface area contributed by atoms with Crippen LogP contribution in [0.15, 0.2) is 66.7 Å². The Balaban J connectivity index is 1.36. The largest absolute Gasteiger partial charge is 0.388 e. The van der Waals surface area contributed by atoms with Gasteiger partial charge in [-0.25, -0.2) is 4.98 Å². The predicted molar refractivity (Wildman–Crippen MR) is 128 cm³/mol. The van der Waals surface area contributed by atoms with E-state index in [2.05, 4.69) is 63.4 Å². The quantitative estimate of drug-likeness (QED) is 0.424. The SMILES string of the molecule is O=C(CO)c1ccc2nc(-c3ccc(-c4cccc(CN5CCCCC5)c4)cc3)[nH]c2c1. The molecule has 1 aliphatic heterocycles. The van der Waals surface area contributed by atoms with Crippen molar-refractivity contribution in [3.8, 4) is 22.5 Å². The van der Waals surface area contributed by atoms with E-state index in [1.807, 2.05) is 0 Å². The number of ketones is 1. The van der Waals surface area contributed by atoms with Crippen LogP contribution in [0.5, 0.6) is 0 Å². The standard InChI is InChI=1S/C27H27N3O2/c31-18-26(32)23-11-12-24-25(16-23)29-27(28-24)21-9-7-20(8-10-21)22-6-4-5-19(15-22)17-30-13-2-1-3-14-30/h4-12,15-16,31H,1-3,13-14,17-18H2,(H,28,29). The summed E-state index contributed by atoms with van der Waals surface area (Å²) in [4.78, 5) is 22.3. The third-order valence-electron chi connectivity index (χ3n) is 6.22. The number of carbonyl (C=O) groups excluding carboxylic acids is 1. The van der Waals surface area contributed by atoms with Gasteiger partial charge in [0.1, 0.15) is 12.4 Å². The van der Waals surface area contributed by atoms with Gasteiger partial charge in [0.15, 0.2) is 5.78 Å². The lowest BCUT2D eigenvalue weighted by Gasteiger charge is -2.26. The van der Waals surface area contributed by atoms with Gasteiger partial charge in [-0.15, -0.1) is 0 Å². The maximum Gasteiger partial charge on any atom is 0.188 e. The van der Waals surface area contributed by atoms with Crippen molar-refractivity contribution in [1.82, 2.24) is 14.9 Å². The first-order valence-corrected chi connectivity index (χ1v) is 11.3. The first-order valence-electron chi connectivity index (χ1n) is 11.3. The van der Waals surface area contributed by atoms with Gasteiger partial charge in [-0.2, -0.15) is 0 Å². The third kappa shape index (κ3) is 4.35. The number of benzene rings is 3. The van der Waals surface area contributed by atoms with Crippen molar-refractivity contribution in [2.45, 2.75) is 25.8 Å². The van der Waals surface area contributed by atoms with Crippen molar-refractivity contribution in [2.75, 3.05) is 19.7 Å². The minimum atomic E-state index is -0.493. The lowest BCUT2D eigenvalue weighted by molar-refractivity contribution is 0.0904. The molecule has 32 heavy (non-hydrogen) atoms. The van der Waals surface area contributed by atoms with Gasteiger partial charge in [0.25, 0.3) is 0 Å². The molecule has 162 valence electrons. The summed E-state index contributed by atoms with van der Waals surface area (Å²) in [5.74, 6) is 0.467. The Kier molecular flexibility index (Phi) is 5.84. The molecule has 0 atom stereocenters. The number of imidazole rings is 1. The summed E-state index contributed by atoms with van der Waals surface area (Å²) in [5, 5.41) is 9.08. The van der Waals surface area contributed by atoms with Crippen molar-refractivity contribution in [1.29, 1.82) is 0 Å². The first-order chi connectivity index (χ1) is 15.7. The minimum absolute atomic E-state index is 0.296. The summed E-state index contributed by atoms with van der Waals surface area (Å²) >= 11 is 0. The minimum Gasteiger partial charge on any atom is -0.388 e. The molecular weight excluding hydrogens is 398 g/mol. The zero-order valence-corrected chi connectivity index (χ0v) is 18.1. The second-order valence-corrected chi connectivity index (χ2v) is 8.51. The van der Waals surface area contributed by atoms with E-state index in [1.165, 1.54) is 49.0 Å². The molecule has 5 rings (SSSR count). The number of aliphatic hydroxyl groups is 1. The summed E-state index contributed by atoms with van der Waals surface area (Å²) in [6.45, 7) is 2.93. The molecule has 0 amide bonds. The topological polar surface area (TPSA) is 69.2 Å². The summed E-state index contributed by atoms with van der Waals surface area (Å²) < 4.78 is 0. The van der Waals surface area contributed by atoms with Crippen molar-refractivity contribution in [2.24, 2.45) is 0 Å². The number of fused-ring (bicyclic) bond motifs is 1. The Morgan fingerprint density at radius 2 is 1.69 bits per heavy atom. The summed E-state index contributed by atoms with van der Waals surface area (Å²) in [6.07, 6.45) is 3.97. The maximum absolute atomic E-state index is 11.8. The van der Waals surface area contributed by atoms with E-state index in [4.69, 9.17) is 5.11 Å². The molecule has 0 unspecified atom stereocenters. The van der Waals surface area contributed by atoms with E-state index in [0.29, 0.717) is 5.56 Å². The van der Waals surface area contributed by atoms with Crippen LogP contribution in [0.25, 0.3) is 33.5 Å². The number of aliphatic hydroxyl groups excluding tert-OH is 1. The molecule has 2 N–H and O–H groups in total. The second-order valence-electron chi connectivity index (χ2n) is 8.51. The molecule has 0 saturated carbocycles. The van der Waals surface area contributed by atoms with Crippen LogP contribution in [0.4, 0.5) is 0 Å². The van der Waals surface area contributed by atoms with Crippen LogP contribution in [0.3, 0.4) is 0 Å². The van der Waals surface area contributed by atoms with E-state index in [0.717, 1.165) is 29.0 Å². The molecule has 0 spiro atoms. The highest BCUT2D eigenvalue weighted by Gasteiger charge is 2.12. The van der Waals surface area contributed by atoms with Crippen molar-refractivity contribution >= 4 is 16.8 Å². The summed E-state index contributed by atoms with van der Waals surface area (Å²) in [7, 11) is 0. The molecule has 4 aromatic rings. The zero-order valence-electron chi connectivity index (χ0n) is 18.1. The molecule has 2 heterocycles. The van der Waals surface area contributed by atoms with Crippen LogP contribution >= 0.6 is 0 Å². The van der Waals surface area contributed by atoms with Gasteiger partial charge in [0.05, 0.1) is 11.0 Å². The highest BCUT2D eigenvalue weighted by atomic mass is 16.3. The van der Waals surface area contributed by atoms with Crippen LogP contribution in [-0.2, 0) is 6.54 Å². The molecule has 5 heteroatoms. The van der Waals surface area contributed by atoms with Crippen LogP contribution < -0.4 is 0 Å². The molecule has 3 aromatic carbocycles. The number of nitrogens with zero attached hydrogens (tertiary/aromatic N) is 2. The number of carbonyl (C=O) groups is 1. The summed E-state index contributed by atoms with van der Waals surface area (Å²) in [5.41, 5.74) is 6.82. The number of likely N-dealkylation sites (tertiary alicyclic amines) is 1. The number of hydrogen-bond acceptors (Lipinski definition) is 4. The lowest BCUT2D eigenvalue weighted by atomic mass is 10.0. The third-order valence-corrected chi connectivity index (χ3v) is 6.22. The average molecular weight is 426 g/mol.